The summed E-state index contributed by atoms with van der Waals surface area (Å²) in [6.45, 7) is 5.44. The van der Waals surface area contributed by atoms with Crippen LogP contribution in [0.2, 0.25) is 5.02 Å². The zero-order valence-electron chi connectivity index (χ0n) is 15.6. The predicted molar refractivity (Wildman–Crippen MR) is 112 cm³/mol. The number of amides is 1. The van der Waals surface area contributed by atoms with Crippen molar-refractivity contribution in [1.82, 2.24) is 4.90 Å². The van der Waals surface area contributed by atoms with Crippen molar-refractivity contribution >= 4 is 28.9 Å². The highest BCUT2D eigenvalue weighted by molar-refractivity contribution is 6.31. The van der Waals surface area contributed by atoms with Gasteiger partial charge >= 0.3 is 0 Å². The summed E-state index contributed by atoms with van der Waals surface area (Å²) in [6.07, 6.45) is 3.12. The SMILES string of the molecule is O=C(CCN1CCCC1)N1CCN(Cc2ccccc2Cl)c2ccccc21. The van der Waals surface area contributed by atoms with Crippen molar-refractivity contribution in [2.75, 3.05) is 42.5 Å². The van der Waals surface area contributed by atoms with E-state index in [1.165, 1.54) is 12.8 Å². The molecule has 2 aromatic carbocycles. The summed E-state index contributed by atoms with van der Waals surface area (Å²) in [5, 5.41) is 0.791. The Hall–Kier alpha value is -2.04. The Balaban J connectivity index is 1.49. The molecule has 1 fully saturated rings. The number of anilines is 2. The lowest BCUT2D eigenvalue weighted by Crippen LogP contribution is -2.44. The molecule has 1 saturated heterocycles. The Bertz CT molecular complexity index is 804. The number of likely N-dealkylation sites (tertiary alicyclic amines) is 1. The lowest BCUT2D eigenvalue weighted by molar-refractivity contribution is -0.118. The van der Waals surface area contributed by atoms with Gasteiger partial charge in [-0.25, -0.2) is 0 Å². The van der Waals surface area contributed by atoms with E-state index in [2.05, 4.69) is 28.0 Å². The maximum atomic E-state index is 12.9. The molecule has 0 bridgehead atoms. The Morgan fingerprint density at radius 1 is 0.889 bits per heavy atom. The van der Waals surface area contributed by atoms with Crippen LogP contribution >= 0.6 is 11.6 Å². The Morgan fingerprint density at radius 3 is 2.37 bits per heavy atom. The van der Waals surface area contributed by atoms with Crippen LogP contribution in [0.3, 0.4) is 0 Å². The van der Waals surface area contributed by atoms with E-state index in [9.17, 15) is 4.79 Å². The number of carbonyl (C=O) groups is 1. The van der Waals surface area contributed by atoms with Crippen molar-refractivity contribution < 1.29 is 4.79 Å². The second-order valence-corrected chi connectivity index (χ2v) is 7.75. The van der Waals surface area contributed by atoms with Gasteiger partial charge in [-0.3, -0.25) is 4.79 Å². The van der Waals surface area contributed by atoms with Gasteiger partial charge in [0.05, 0.1) is 11.4 Å². The fraction of sp³-hybridized carbons (Fsp3) is 0.409. The summed E-state index contributed by atoms with van der Waals surface area (Å²) in [4.78, 5) is 19.6. The topological polar surface area (TPSA) is 26.8 Å². The van der Waals surface area contributed by atoms with E-state index in [-0.39, 0.29) is 5.91 Å². The molecule has 0 spiro atoms. The summed E-state index contributed by atoms with van der Waals surface area (Å²) >= 11 is 6.36. The molecule has 5 heteroatoms. The molecule has 2 aliphatic rings. The minimum absolute atomic E-state index is 0.228. The first-order valence-electron chi connectivity index (χ1n) is 9.82. The Labute approximate surface area is 166 Å². The second kappa shape index (κ2) is 8.32. The Kier molecular flexibility index (Phi) is 5.65. The predicted octanol–water partition coefficient (Wildman–Crippen LogP) is 4.18. The van der Waals surface area contributed by atoms with Gasteiger partial charge in [-0.1, -0.05) is 41.9 Å². The first-order valence-corrected chi connectivity index (χ1v) is 10.2. The number of hydrogen-bond acceptors (Lipinski definition) is 3. The highest BCUT2D eigenvalue weighted by Crippen LogP contribution is 2.34. The van der Waals surface area contributed by atoms with E-state index < -0.39 is 0 Å². The summed E-state index contributed by atoms with van der Waals surface area (Å²) in [5.41, 5.74) is 3.24. The number of nitrogens with zero attached hydrogens (tertiary/aromatic N) is 3. The van der Waals surface area contributed by atoms with Gasteiger partial charge in [-0.15, -0.1) is 0 Å². The van der Waals surface area contributed by atoms with Crippen LogP contribution < -0.4 is 9.80 Å². The molecule has 0 aromatic heterocycles. The fourth-order valence-corrected chi connectivity index (χ4v) is 4.27. The van der Waals surface area contributed by atoms with Gasteiger partial charge < -0.3 is 14.7 Å². The minimum Gasteiger partial charge on any atom is -0.364 e. The van der Waals surface area contributed by atoms with Gasteiger partial charge in [0, 0.05) is 37.6 Å². The van der Waals surface area contributed by atoms with Gasteiger partial charge in [-0.2, -0.15) is 0 Å². The summed E-state index contributed by atoms with van der Waals surface area (Å²) in [7, 11) is 0. The third-order valence-electron chi connectivity index (χ3n) is 5.57. The van der Waals surface area contributed by atoms with Gasteiger partial charge in [0.2, 0.25) is 5.91 Å². The summed E-state index contributed by atoms with van der Waals surface area (Å²) in [5.74, 6) is 0.228. The number of benzene rings is 2. The first-order chi connectivity index (χ1) is 13.2. The van der Waals surface area contributed by atoms with Crippen molar-refractivity contribution in [2.45, 2.75) is 25.8 Å². The van der Waals surface area contributed by atoms with Gasteiger partial charge in [0.25, 0.3) is 0 Å². The zero-order valence-corrected chi connectivity index (χ0v) is 16.4. The average Bonchev–Trinajstić information content (AvgIpc) is 3.22. The summed E-state index contributed by atoms with van der Waals surface area (Å²) in [6, 6.07) is 16.2. The number of hydrogen-bond donors (Lipinski definition) is 0. The van der Waals surface area contributed by atoms with E-state index >= 15 is 0 Å². The molecule has 2 aliphatic heterocycles. The van der Waals surface area contributed by atoms with E-state index in [0.717, 1.165) is 61.2 Å². The van der Waals surface area contributed by atoms with E-state index in [4.69, 9.17) is 11.6 Å². The van der Waals surface area contributed by atoms with E-state index in [1.807, 2.05) is 35.2 Å². The molecule has 2 aromatic rings. The maximum absolute atomic E-state index is 12.9. The van der Waals surface area contributed by atoms with Crippen LogP contribution in [-0.2, 0) is 11.3 Å². The largest absolute Gasteiger partial charge is 0.364 e. The normalized spacial score (nSPS) is 17.2. The fourth-order valence-electron chi connectivity index (χ4n) is 4.07. The van der Waals surface area contributed by atoms with Crippen LogP contribution in [-0.4, -0.2) is 43.5 Å². The number of halogens is 1. The molecular weight excluding hydrogens is 358 g/mol. The second-order valence-electron chi connectivity index (χ2n) is 7.35. The smallest absolute Gasteiger partial charge is 0.228 e. The average molecular weight is 384 g/mol. The van der Waals surface area contributed by atoms with Crippen LogP contribution in [0.4, 0.5) is 11.4 Å². The molecule has 0 unspecified atom stereocenters. The van der Waals surface area contributed by atoms with Crippen LogP contribution in [0.15, 0.2) is 48.5 Å². The number of carbonyl (C=O) groups excluding carboxylic acids is 1. The van der Waals surface area contributed by atoms with Crippen molar-refractivity contribution in [3.63, 3.8) is 0 Å². The van der Waals surface area contributed by atoms with Gasteiger partial charge in [0.15, 0.2) is 0 Å². The lowest BCUT2D eigenvalue weighted by atomic mass is 10.1. The molecule has 0 radical (unpaired) electrons. The lowest BCUT2D eigenvalue weighted by Gasteiger charge is -2.38. The molecule has 0 N–H and O–H groups in total. The monoisotopic (exact) mass is 383 g/mol. The molecule has 4 rings (SSSR count). The van der Waals surface area contributed by atoms with Crippen LogP contribution in [0.25, 0.3) is 0 Å². The molecular formula is C22H26ClN3O. The van der Waals surface area contributed by atoms with E-state index in [0.29, 0.717) is 6.42 Å². The molecule has 27 heavy (non-hydrogen) atoms. The third-order valence-corrected chi connectivity index (χ3v) is 5.94. The molecule has 142 valence electrons. The quantitative estimate of drug-likeness (QED) is 0.774. The maximum Gasteiger partial charge on any atom is 0.228 e. The first kappa shape index (κ1) is 18.3. The van der Waals surface area contributed by atoms with Crippen molar-refractivity contribution in [2.24, 2.45) is 0 Å². The standard InChI is InChI=1S/C22H26ClN3O/c23-19-8-2-1-7-18(19)17-25-15-16-26(21-10-4-3-9-20(21)25)22(27)11-14-24-12-5-6-13-24/h1-4,7-10H,5-6,11-17H2. The Morgan fingerprint density at radius 2 is 1.59 bits per heavy atom. The molecule has 0 saturated carbocycles. The van der Waals surface area contributed by atoms with Crippen LogP contribution in [0.1, 0.15) is 24.8 Å². The van der Waals surface area contributed by atoms with Crippen molar-refractivity contribution in [3.8, 4) is 0 Å². The zero-order chi connectivity index (χ0) is 18.6. The summed E-state index contributed by atoms with van der Waals surface area (Å²) < 4.78 is 0. The van der Waals surface area contributed by atoms with E-state index in [1.54, 1.807) is 0 Å². The highest BCUT2D eigenvalue weighted by atomic mass is 35.5. The van der Waals surface area contributed by atoms with Crippen LogP contribution in [0, 0.1) is 0 Å². The van der Waals surface area contributed by atoms with Crippen molar-refractivity contribution in [1.29, 1.82) is 0 Å². The molecule has 2 heterocycles. The number of rotatable bonds is 5. The van der Waals surface area contributed by atoms with Gasteiger partial charge in [0.1, 0.15) is 0 Å². The van der Waals surface area contributed by atoms with Gasteiger partial charge in [-0.05, 0) is 49.7 Å². The molecule has 4 nitrogen and oxygen atoms in total. The third kappa shape index (κ3) is 4.12. The molecule has 1 amide bonds. The van der Waals surface area contributed by atoms with Crippen molar-refractivity contribution in [3.05, 3.63) is 59.1 Å². The van der Waals surface area contributed by atoms with Crippen LogP contribution in [0.5, 0.6) is 0 Å². The molecule has 0 aliphatic carbocycles. The highest BCUT2D eigenvalue weighted by Gasteiger charge is 2.27. The number of fused-ring (bicyclic) bond motifs is 1. The number of para-hydroxylation sites is 2. The molecule has 0 atom stereocenters. The minimum atomic E-state index is 0.228.